The Morgan fingerprint density at radius 2 is 1.00 bits per heavy atom. The SMILES string of the molecule is CCCCc1ccc(CCc2ccc(-c3ccc(CCCC)cc3F)cc2)cc1. The molecule has 152 valence electrons. The molecule has 0 aliphatic carbocycles. The predicted molar refractivity (Wildman–Crippen MR) is 123 cm³/mol. The van der Waals surface area contributed by atoms with Gasteiger partial charge in [0.15, 0.2) is 0 Å². The van der Waals surface area contributed by atoms with Crippen LogP contribution in [0.15, 0.2) is 66.7 Å². The van der Waals surface area contributed by atoms with Gasteiger partial charge in [-0.25, -0.2) is 4.39 Å². The van der Waals surface area contributed by atoms with Gasteiger partial charge in [-0.1, -0.05) is 87.4 Å². The highest BCUT2D eigenvalue weighted by molar-refractivity contribution is 5.64. The molecule has 0 nitrogen and oxygen atoms in total. The number of hydrogen-bond donors (Lipinski definition) is 0. The van der Waals surface area contributed by atoms with E-state index < -0.39 is 0 Å². The van der Waals surface area contributed by atoms with Crippen LogP contribution in [0.2, 0.25) is 0 Å². The standard InChI is InChI=1S/C28H33F/c1-3-5-7-22-9-11-23(12-10-22)13-14-24-15-18-26(19-16-24)27-20-17-25(8-6-4-2)21-28(27)29/h9-12,15-21H,3-8,13-14H2,1-2H3. The molecular weight excluding hydrogens is 355 g/mol. The molecule has 0 bridgehead atoms. The Labute approximate surface area is 175 Å². The maximum absolute atomic E-state index is 14.5. The Morgan fingerprint density at radius 3 is 1.52 bits per heavy atom. The monoisotopic (exact) mass is 388 g/mol. The van der Waals surface area contributed by atoms with E-state index in [2.05, 4.69) is 56.3 Å². The average molecular weight is 389 g/mol. The molecule has 0 aliphatic rings. The van der Waals surface area contributed by atoms with Gasteiger partial charge in [0.2, 0.25) is 0 Å². The Morgan fingerprint density at radius 1 is 0.552 bits per heavy atom. The minimum Gasteiger partial charge on any atom is -0.206 e. The summed E-state index contributed by atoms with van der Waals surface area (Å²) in [4.78, 5) is 0. The zero-order valence-electron chi connectivity index (χ0n) is 17.9. The first kappa shape index (κ1) is 21.3. The molecule has 0 amide bonds. The Hall–Kier alpha value is -2.41. The van der Waals surface area contributed by atoms with Crippen LogP contribution in [0, 0.1) is 5.82 Å². The third-order valence-electron chi connectivity index (χ3n) is 5.66. The minimum absolute atomic E-state index is 0.116. The van der Waals surface area contributed by atoms with Crippen LogP contribution < -0.4 is 0 Å². The molecule has 0 spiro atoms. The highest BCUT2D eigenvalue weighted by Crippen LogP contribution is 2.25. The second-order valence-corrected chi connectivity index (χ2v) is 8.03. The van der Waals surface area contributed by atoms with Crippen molar-refractivity contribution in [3.8, 4) is 11.1 Å². The van der Waals surface area contributed by atoms with E-state index in [1.807, 2.05) is 18.2 Å². The maximum atomic E-state index is 14.5. The molecule has 0 fully saturated rings. The number of rotatable bonds is 10. The number of benzene rings is 3. The fourth-order valence-electron chi connectivity index (χ4n) is 3.72. The lowest BCUT2D eigenvalue weighted by atomic mass is 9.98. The summed E-state index contributed by atoms with van der Waals surface area (Å²) in [6, 6.07) is 23.1. The zero-order valence-corrected chi connectivity index (χ0v) is 17.9. The molecule has 3 aromatic carbocycles. The quantitative estimate of drug-likeness (QED) is 0.330. The van der Waals surface area contributed by atoms with Gasteiger partial charge in [-0.05, 0) is 72.4 Å². The van der Waals surface area contributed by atoms with Crippen LogP contribution in [-0.4, -0.2) is 0 Å². The van der Waals surface area contributed by atoms with E-state index in [-0.39, 0.29) is 5.82 Å². The first-order valence-corrected chi connectivity index (χ1v) is 11.1. The van der Waals surface area contributed by atoms with Crippen LogP contribution in [0.4, 0.5) is 4.39 Å². The smallest absolute Gasteiger partial charge is 0.131 e. The van der Waals surface area contributed by atoms with Gasteiger partial charge >= 0.3 is 0 Å². The third kappa shape index (κ3) is 6.29. The molecule has 0 heterocycles. The van der Waals surface area contributed by atoms with E-state index in [0.29, 0.717) is 5.56 Å². The lowest BCUT2D eigenvalue weighted by Crippen LogP contribution is -1.93. The van der Waals surface area contributed by atoms with Gasteiger partial charge in [0.25, 0.3) is 0 Å². The first-order valence-electron chi connectivity index (χ1n) is 11.1. The van der Waals surface area contributed by atoms with Gasteiger partial charge in [0, 0.05) is 5.56 Å². The van der Waals surface area contributed by atoms with E-state index in [9.17, 15) is 4.39 Å². The Kier molecular flexibility index (Phi) is 8.04. The molecule has 0 aliphatic heterocycles. The summed E-state index contributed by atoms with van der Waals surface area (Å²) in [5, 5.41) is 0. The minimum atomic E-state index is -0.116. The molecule has 0 N–H and O–H groups in total. The zero-order chi connectivity index (χ0) is 20.5. The summed E-state index contributed by atoms with van der Waals surface area (Å²) in [6.45, 7) is 4.39. The second kappa shape index (κ2) is 11.0. The van der Waals surface area contributed by atoms with Crippen molar-refractivity contribution in [2.75, 3.05) is 0 Å². The van der Waals surface area contributed by atoms with Gasteiger partial charge in [-0.2, -0.15) is 0 Å². The van der Waals surface area contributed by atoms with Crippen molar-refractivity contribution in [3.05, 3.63) is 94.8 Å². The van der Waals surface area contributed by atoms with E-state index >= 15 is 0 Å². The van der Waals surface area contributed by atoms with Crippen molar-refractivity contribution in [1.29, 1.82) is 0 Å². The molecule has 29 heavy (non-hydrogen) atoms. The molecule has 0 unspecified atom stereocenters. The first-order chi connectivity index (χ1) is 14.2. The lowest BCUT2D eigenvalue weighted by Gasteiger charge is -2.08. The van der Waals surface area contributed by atoms with Gasteiger partial charge < -0.3 is 0 Å². The lowest BCUT2D eigenvalue weighted by molar-refractivity contribution is 0.627. The normalized spacial score (nSPS) is 11.0. The summed E-state index contributed by atoms with van der Waals surface area (Å²) in [7, 11) is 0. The third-order valence-corrected chi connectivity index (χ3v) is 5.66. The predicted octanol–water partition coefficient (Wildman–Crippen LogP) is 7.96. The molecule has 3 rings (SSSR count). The van der Waals surface area contributed by atoms with Gasteiger partial charge in [-0.3, -0.25) is 0 Å². The Bertz CT molecular complexity index is 875. The molecule has 0 saturated carbocycles. The molecule has 0 radical (unpaired) electrons. The molecule has 0 aromatic heterocycles. The maximum Gasteiger partial charge on any atom is 0.131 e. The molecule has 0 saturated heterocycles. The van der Waals surface area contributed by atoms with Crippen LogP contribution in [-0.2, 0) is 25.7 Å². The average Bonchev–Trinajstić information content (AvgIpc) is 2.76. The number of aryl methyl sites for hydroxylation is 4. The van der Waals surface area contributed by atoms with Crippen molar-refractivity contribution in [3.63, 3.8) is 0 Å². The van der Waals surface area contributed by atoms with Gasteiger partial charge in [-0.15, -0.1) is 0 Å². The van der Waals surface area contributed by atoms with Gasteiger partial charge in [0.05, 0.1) is 0 Å². The summed E-state index contributed by atoms with van der Waals surface area (Å²) >= 11 is 0. The van der Waals surface area contributed by atoms with Crippen LogP contribution in [0.25, 0.3) is 11.1 Å². The highest BCUT2D eigenvalue weighted by atomic mass is 19.1. The fourth-order valence-corrected chi connectivity index (χ4v) is 3.72. The van der Waals surface area contributed by atoms with Crippen molar-refractivity contribution in [2.45, 2.75) is 65.2 Å². The molecule has 0 atom stereocenters. The number of unbranched alkanes of at least 4 members (excludes halogenated alkanes) is 2. The van der Waals surface area contributed by atoms with Gasteiger partial charge in [0.1, 0.15) is 5.82 Å². The highest BCUT2D eigenvalue weighted by Gasteiger charge is 2.07. The number of hydrogen-bond acceptors (Lipinski definition) is 0. The second-order valence-electron chi connectivity index (χ2n) is 8.03. The summed E-state index contributed by atoms with van der Waals surface area (Å²) in [6.07, 6.45) is 8.91. The topological polar surface area (TPSA) is 0 Å². The summed E-state index contributed by atoms with van der Waals surface area (Å²) in [5.41, 5.74) is 6.84. The number of halogens is 1. The summed E-state index contributed by atoms with van der Waals surface area (Å²) < 4.78 is 14.5. The van der Waals surface area contributed by atoms with Crippen LogP contribution in [0.5, 0.6) is 0 Å². The van der Waals surface area contributed by atoms with E-state index in [0.717, 1.165) is 43.2 Å². The van der Waals surface area contributed by atoms with Crippen molar-refractivity contribution in [2.24, 2.45) is 0 Å². The van der Waals surface area contributed by atoms with E-state index in [1.165, 1.54) is 36.0 Å². The van der Waals surface area contributed by atoms with E-state index in [1.54, 1.807) is 6.07 Å². The van der Waals surface area contributed by atoms with Crippen molar-refractivity contribution < 1.29 is 4.39 Å². The van der Waals surface area contributed by atoms with E-state index in [4.69, 9.17) is 0 Å². The van der Waals surface area contributed by atoms with Crippen LogP contribution in [0.1, 0.15) is 61.8 Å². The molecular formula is C28H33F. The summed E-state index contributed by atoms with van der Waals surface area (Å²) in [5.74, 6) is -0.116. The van der Waals surface area contributed by atoms with Crippen LogP contribution in [0.3, 0.4) is 0 Å². The largest absolute Gasteiger partial charge is 0.206 e. The van der Waals surface area contributed by atoms with Crippen molar-refractivity contribution >= 4 is 0 Å². The van der Waals surface area contributed by atoms with Crippen molar-refractivity contribution in [1.82, 2.24) is 0 Å². The Balaban J connectivity index is 1.59. The van der Waals surface area contributed by atoms with Crippen LogP contribution >= 0.6 is 0 Å². The molecule has 3 aromatic rings. The molecule has 1 heteroatoms. The fraction of sp³-hybridized carbons (Fsp3) is 0.357.